The summed E-state index contributed by atoms with van der Waals surface area (Å²) < 4.78 is 41.4. The molecule has 0 spiro atoms. The van der Waals surface area contributed by atoms with Crippen molar-refractivity contribution in [3.05, 3.63) is 24.0 Å². The fourth-order valence-electron chi connectivity index (χ4n) is 1.93. The van der Waals surface area contributed by atoms with E-state index >= 15 is 0 Å². The molecule has 1 aliphatic rings. The van der Waals surface area contributed by atoms with E-state index in [9.17, 15) is 13.2 Å². The van der Waals surface area contributed by atoms with Gasteiger partial charge in [0.25, 0.3) is 0 Å². The van der Waals surface area contributed by atoms with Crippen LogP contribution < -0.4 is 10.1 Å². The highest BCUT2D eigenvalue weighted by molar-refractivity contribution is 5.80. The topological polar surface area (TPSA) is 49.8 Å². The summed E-state index contributed by atoms with van der Waals surface area (Å²) in [6, 6.07) is 1.63. The minimum atomic E-state index is -4.37. The molecule has 2 rings (SSSR count). The molecule has 116 valence electrons. The third-order valence-electron chi connectivity index (χ3n) is 2.97. The first-order valence-electron chi connectivity index (χ1n) is 6.57. The SMILES string of the molecule is CN1CCCN=C1NCc1ccncc1OCC(F)(F)F. The summed E-state index contributed by atoms with van der Waals surface area (Å²) in [5, 5.41) is 3.11. The van der Waals surface area contributed by atoms with Crippen LogP contribution in [0.1, 0.15) is 12.0 Å². The zero-order valence-corrected chi connectivity index (χ0v) is 11.7. The summed E-state index contributed by atoms with van der Waals surface area (Å²) in [7, 11) is 1.92. The van der Waals surface area contributed by atoms with E-state index in [0.29, 0.717) is 12.1 Å². The van der Waals surface area contributed by atoms with Crippen LogP contribution in [0.15, 0.2) is 23.5 Å². The lowest BCUT2D eigenvalue weighted by Crippen LogP contribution is -2.41. The molecule has 0 fully saturated rings. The molecule has 0 saturated carbocycles. The number of guanidine groups is 1. The average molecular weight is 302 g/mol. The lowest BCUT2D eigenvalue weighted by Gasteiger charge is -2.26. The van der Waals surface area contributed by atoms with E-state index in [1.54, 1.807) is 6.07 Å². The predicted octanol–water partition coefficient (Wildman–Crippen LogP) is 1.80. The monoisotopic (exact) mass is 302 g/mol. The van der Waals surface area contributed by atoms with Crippen LogP contribution in [0.3, 0.4) is 0 Å². The summed E-state index contributed by atoms with van der Waals surface area (Å²) in [5.41, 5.74) is 0.607. The van der Waals surface area contributed by atoms with Gasteiger partial charge >= 0.3 is 6.18 Å². The van der Waals surface area contributed by atoms with Crippen molar-refractivity contribution in [1.82, 2.24) is 15.2 Å². The highest BCUT2D eigenvalue weighted by Crippen LogP contribution is 2.21. The molecule has 0 aromatic carbocycles. The van der Waals surface area contributed by atoms with E-state index in [0.717, 1.165) is 25.5 Å². The van der Waals surface area contributed by atoms with Gasteiger partial charge in [-0.05, 0) is 12.5 Å². The molecule has 1 aromatic heterocycles. The van der Waals surface area contributed by atoms with Gasteiger partial charge in [-0.2, -0.15) is 13.2 Å². The number of alkyl halides is 3. The predicted molar refractivity (Wildman–Crippen MR) is 72.2 cm³/mol. The first-order valence-corrected chi connectivity index (χ1v) is 6.57. The first-order chi connectivity index (χ1) is 9.96. The zero-order valence-electron chi connectivity index (χ0n) is 11.7. The Morgan fingerprint density at radius 3 is 2.95 bits per heavy atom. The molecular formula is C13H17F3N4O. The Morgan fingerprint density at radius 2 is 2.24 bits per heavy atom. The van der Waals surface area contributed by atoms with Crippen LogP contribution in [-0.4, -0.2) is 48.8 Å². The van der Waals surface area contributed by atoms with Crippen LogP contribution in [0.2, 0.25) is 0 Å². The van der Waals surface area contributed by atoms with Crippen molar-refractivity contribution in [2.24, 2.45) is 4.99 Å². The van der Waals surface area contributed by atoms with Crippen molar-refractivity contribution in [3.63, 3.8) is 0 Å². The molecule has 1 aromatic rings. The Bertz CT molecular complexity index is 504. The summed E-state index contributed by atoms with van der Waals surface area (Å²) >= 11 is 0. The van der Waals surface area contributed by atoms with E-state index in [2.05, 4.69) is 15.3 Å². The lowest BCUT2D eigenvalue weighted by molar-refractivity contribution is -0.153. The second kappa shape index (κ2) is 6.64. The second-order valence-electron chi connectivity index (χ2n) is 4.72. The summed E-state index contributed by atoms with van der Waals surface area (Å²) in [6.07, 6.45) is -0.565. The number of hydrogen-bond donors (Lipinski definition) is 1. The van der Waals surface area contributed by atoms with Crippen LogP contribution >= 0.6 is 0 Å². The molecule has 0 atom stereocenters. The Hall–Kier alpha value is -1.99. The summed E-state index contributed by atoms with van der Waals surface area (Å²) in [5.74, 6) is 0.862. The maximum absolute atomic E-state index is 12.2. The van der Waals surface area contributed by atoms with Crippen molar-refractivity contribution < 1.29 is 17.9 Å². The molecule has 1 aliphatic heterocycles. The van der Waals surface area contributed by atoms with Gasteiger partial charge < -0.3 is 15.0 Å². The van der Waals surface area contributed by atoms with Crippen LogP contribution in [-0.2, 0) is 6.54 Å². The average Bonchev–Trinajstić information content (AvgIpc) is 2.44. The van der Waals surface area contributed by atoms with Gasteiger partial charge in [-0.25, -0.2) is 0 Å². The quantitative estimate of drug-likeness (QED) is 0.921. The van der Waals surface area contributed by atoms with Crippen molar-refractivity contribution >= 4 is 5.96 Å². The molecular weight excluding hydrogens is 285 g/mol. The number of ether oxygens (including phenoxy) is 1. The molecule has 21 heavy (non-hydrogen) atoms. The molecule has 0 unspecified atom stereocenters. The summed E-state index contributed by atoms with van der Waals surface area (Å²) in [4.78, 5) is 10.1. The second-order valence-corrected chi connectivity index (χ2v) is 4.72. The van der Waals surface area contributed by atoms with Gasteiger partial charge in [-0.1, -0.05) is 0 Å². The number of aromatic nitrogens is 1. The van der Waals surface area contributed by atoms with E-state index in [1.165, 1.54) is 12.4 Å². The van der Waals surface area contributed by atoms with E-state index in [-0.39, 0.29) is 5.75 Å². The van der Waals surface area contributed by atoms with E-state index < -0.39 is 12.8 Å². The maximum Gasteiger partial charge on any atom is 0.422 e. The Labute approximate surface area is 120 Å². The molecule has 1 N–H and O–H groups in total. The standard InChI is InChI=1S/C13H17F3N4O/c1-20-6-2-4-18-12(20)19-7-10-3-5-17-8-11(10)21-9-13(14,15)16/h3,5,8H,2,4,6-7,9H2,1H3,(H,18,19). The van der Waals surface area contributed by atoms with Gasteiger partial charge in [0.05, 0.1) is 6.20 Å². The van der Waals surface area contributed by atoms with Crippen LogP contribution in [0, 0.1) is 0 Å². The highest BCUT2D eigenvalue weighted by atomic mass is 19.4. The van der Waals surface area contributed by atoms with Gasteiger partial charge in [0.15, 0.2) is 12.6 Å². The number of rotatable bonds is 4. The maximum atomic E-state index is 12.2. The van der Waals surface area contributed by atoms with Crippen molar-refractivity contribution in [1.29, 1.82) is 0 Å². The van der Waals surface area contributed by atoms with Crippen LogP contribution in [0.5, 0.6) is 5.75 Å². The third-order valence-corrected chi connectivity index (χ3v) is 2.97. The van der Waals surface area contributed by atoms with Crippen molar-refractivity contribution in [2.75, 3.05) is 26.7 Å². The van der Waals surface area contributed by atoms with Gasteiger partial charge in [-0.3, -0.25) is 9.98 Å². The van der Waals surface area contributed by atoms with E-state index in [1.807, 2.05) is 11.9 Å². The Balaban J connectivity index is 1.98. The number of nitrogens with one attached hydrogen (secondary N) is 1. The van der Waals surface area contributed by atoms with Gasteiger partial charge in [0, 0.05) is 38.4 Å². The summed E-state index contributed by atoms with van der Waals surface area (Å²) in [6.45, 7) is 0.658. The fraction of sp³-hybridized carbons (Fsp3) is 0.538. The number of aliphatic imine (C=N–C) groups is 1. The van der Waals surface area contributed by atoms with E-state index in [4.69, 9.17) is 4.74 Å². The Morgan fingerprint density at radius 1 is 1.43 bits per heavy atom. The van der Waals surface area contributed by atoms with Gasteiger partial charge in [-0.15, -0.1) is 0 Å². The molecule has 0 amide bonds. The number of hydrogen-bond acceptors (Lipinski definition) is 5. The lowest BCUT2D eigenvalue weighted by atomic mass is 10.2. The Kier molecular flexibility index (Phi) is 4.87. The smallest absolute Gasteiger partial charge is 0.422 e. The molecule has 0 bridgehead atoms. The minimum absolute atomic E-state index is 0.126. The highest BCUT2D eigenvalue weighted by Gasteiger charge is 2.28. The number of pyridine rings is 1. The zero-order chi connectivity index (χ0) is 15.3. The van der Waals surface area contributed by atoms with Crippen LogP contribution in [0.25, 0.3) is 0 Å². The van der Waals surface area contributed by atoms with Gasteiger partial charge in [0.1, 0.15) is 5.75 Å². The van der Waals surface area contributed by atoms with Gasteiger partial charge in [0.2, 0.25) is 0 Å². The molecule has 0 aliphatic carbocycles. The fourth-order valence-corrected chi connectivity index (χ4v) is 1.93. The number of halogens is 3. The first kappa shape index (κ1) is 15.4. The molecule has 0 saturated heterocycles. The molecule has 2 heterocycles. The molecule has 5 nitrogen and oxygen atoms in total. The number of nitrogens with zero attached hydrogens (tertiary/aromatic N) is 3. The third kappa shape index (κ3) is 4.80. The van der Waals surface area contributed by atoms with Crippen molar-refractivity contribution in [3.8, 4) is 5.75 Å². The normalized spacial score (nSPS) is 15.6. The van der Waals surface area contributed by atoms with Crippen LogP contribution in [0.4, 0.5) is 13.2 Å². The molecule has 8 heteroatoms. The molecule has 0 radical (unpaired) electrons. The van der Waals surface area contributed by atoms with Crippen molar-refractivity contribution in [2.45, 2.75) is 19.1 Å². The minimum Gasteiger partial charge on any atom is -0.482 e. The largest absolute Gasteiger partial charge is 0.482 e.